The summed E-state index contributed by atoms with van der Waals surface area (Å²) < 4.78 is 0. The van der Waals surface area contributed by atoms with Crippen molar-refractivity contribution < 1.29 is 0 Å². The van der Waals surface area contributed by atoms with Crippen molar-refractivity contribution in [2.75, 3.05) is 6.54 Å². The van der Waals surface area contributed by atoms with Gasteiger partial charge in [0, 0.05) is 18.6 Å². The van der Waals surface area contributed by atoms with Gasteiger partial charge in [0.25, 0.3) is 0 Å². The van der Waals surface area contributed by atoms with Gasteiger partial charge in [-0.3, -0.25) is 4.90 Å². The number of piperidine rings is 1. The highest BCUT2D eigenvalue weighted by Gasteiger charge is 2.35. The number of hydrogen-bond donors (Lipinski definition) is 0. The molecule has 2 saturated heterocycles. The third-order valence-corrected chi connectivity index (χ3v) is 3.56. The van der Waals surface area contributed by atoms with Crippen molar-refractivity contribution in [2.24, 2.45) is 0 Å². The van der Waals surface area contributed by atoms with Crippen molar-refractivity contribution >= 4 is 0 Å². The molecule has 0 saturated carbocycles. The maximum atomic E-state index is 2.73. The van der Waals surface area contributed by atoms with Gasteiger partial charge in [-0.25, -0.2) is 0 Å². The molecule has 2 aliphatic heterocycles. The Morgan fingerprint density at radius 2 is 1.77 bits per heavy atom. The Kier molecular flexibility index (Phi) is 2.73. The van der Waals surface area contributed by atoms with E-state index < -0.39 is 0 Å². The second-order valence-electron chi connectivity index (χ2n) is 4.79. The van der Waals surface area contributed by atoms with Crippen LogP contribution >= 0.6 is 0 Å². The smallest absolute Gasteiger partial charge is 0.0171 e. The van der Waals surface area contributed by atoms with Gasteiger partial charge in [-0.15, -0.1) is 0 Å². The van der Waals surface area contributed by atoms with E-state index in [4.69, 9.17) is 0 Å². The molecule has 1 heteroatoms. The zero-order valence-electron chi connectivity index (χ0n) is 8.92. The largest absolute Gasteiger partial charge is 0.294 e. The minimum atomic E-state index is 0.925. The van der Waals surface area contributed by atoms with Crippen molar-refractivity contribution in [3.8, 4) is 0 Å². The van der Waals surface area contributed by atoms with E-state index in [0.717, 1.165) is 12.1 Å². The van der Waals surface area contributed by atoms with Crippen LogP contribution in [0.3, 0.4) is 0 Å². The lowest BCUT2D eigenvalue weighted by molar-refractivity contribution is 0.157. The van der Waals surface area contributed by atoms with Gasteiger partial charge in [-0.05, 0) is 39.5 Å². The summed E-state index contributed by atoms with van der Waals surface area (Å²) in [5.41, 5.74) is 1.46. The molecule has 2 atom stereocenters. The molecule has 2 bridgehead atoms. The quantitative estimate of drug-likeness (QED) is 0.589. The molecule has 2 fully saturated rings. The molecule has 0 aromatic rings. The first-order valence-electron chi connectivity index (χ1n) is 5.66. The summed E-state index contributed by atoms with van der Waals surface area (Å²) in [5.74, 6) is 0. The minimum absolute atomic E-state index is 0.925. The Labute approximate surface area is 81.8 Å². The number of rotatable bonds is 2. The maximum absolute atomic E-state index is 2.73. The fourth-order valence-electron chi connectivity index (χ4n) is 2.81. The first-order chi connectivity index (χ1) is 6.27. The third-order valence-electron chi connectivity index (χ3n) is 3.56. The first-order valence-corrected chi connectivity index (χ1v) is 5.66. The van der Waals surface area contributed by atoms with Gasteiger partial charge in [-0.2, -0.15) is 0 Å². The molecule has 2 heterocycles. The second kappa shape index (κ2) is 3.83. The topological polar surface area (TPSA) is 3.24 Å². The van der Waals surface area contributed by atoms with E-state index in [9.17, 15) is 0 Å². The van der Waals surface area contributed by atoms with Crippen LogP contribution in [0.1, 0.15) is 46.0 Å². The molecule has 0 aromatic heterocycles. The highest BCUT2D eigenvalue weighted by Crippen LogP contribution is 2.35. The highest BCUT2D eigenvalue weighted by atomic mass is 15.2. The second-order valence-corrected chi connectivity index (χ2v) is 4.79. The Bertz CT molecular complexity index is 187. The number of nitrogens with zero attached hydrogens (tertiary/aromatic N) is 1. The Morgan fingerprint density at radius 1 is 1.15 bits per heavy atom. The fraction of sp³-hybridized carbons (Fsp3) is 0.833. The van der Waals surface area contributed by atoms with Crippen molar-refractivity contribution in [1.29, 1.82) is 0 Å². The standard InChI is InChI=1S/C12H21N/c1-10(2)8-9-13-11-4-3-5-12(13)7-6-11/h8,11-12H,3-7,9H2,1-2H3. The summed E-state index contributed by atoms with van der Waals surface area (Å²) >= 11 is 0. The van der Waals surface area contributed by atoms with E-state index in [-0.39, 0.29) is 0 Å². The number of hydrogen-bond acceptors (Lipinski definition) is 1. The van der Waals surface area contributed by atoms with Crippen LogP contribution in [0.15, 0.2) is 11.6 Å². The molecule has 0 aromatic carbocycles. The van der Waals surface area contributed by atoms with Crippen LogP contribution in [0.2, 0.25) is 0 Å². The van der Waals surface area contributed by atoms with E-state index in [2.05, 4.69) is 24.8 Å². The van der Waals surface area contributed by atoms with Crippen LogP contribution in [0.4, 0.5) is 0 Å². The lowest BCUT2D eigenvalue weighted by Gasteiger charge is -2.33. The van der Waals surface area contributed by atoms with Crippen LogP contribution in [0.5, 0.6) is 0 Å². The van der Waals surface area contributed by atoms with Gasteiger partial charge < -0.3 is 0 Å². The van der Waals surface area contributed by atoms with E-state index in [1.807, 2.05) is 0 Å². The highest BCUT2D eigenvalue weighted by molar-refractivity contribution is 5.00. The number of allylic oxidation sites excluding steroid dienone is 1. The van der Waals surface area contributed by atoms with Gasteiger partial charge in [0.2, 0.25) is 0 Å². The molecular weight excluding hydrogens is 158 g/mol. The maximum Gasteiger partial charge on any atom is 0.0171 e. The summed E-state index contributed by atoms with van der Waals surface area (Å²) in [4.78, 5) is 2.73. The van der Waals surface area contributed by atoms with Crippen LogP contribution in [0, 0.1) is 0 Å². The van der Waals surface area contributed by atoms with Gasteiger partial charge in [0.1, 0.15) is 0 Å². The molecule has 2 rings (SSSR count). The van der Waals surface area contributed by atoms with Gasteiger partial charge in [0.15, 0.2) is 0 Å². The number of fused-ring (bicyclic) bond motifs is 2. The predicted octanol–water partition coefficient (Wildman–Crippen LogP) is 2.97. The monoisotopic (exact) mass is 179 g/mol. The van der Waals surface area contributed by atoms with Crippen molar-refractivity contribution in [3.05, 3.63) is 11.6 Å². The summed E-state index contributed by atoms with van der Waals surface area (Å²) in [5, 5.41) is 0. The van der Waals surface area contributed by atoms with E-state index in [1.165, 1.54) is 44.2 Å². The summed E-state index contributed by atoms with van der Waals surface area (Å²) in [7, 11) is 0. The molecule has 74 valence electrons. The van der Waals surface area contributed by atoms with E-state index >= 15 is 0 Å². The molecule has 13 heavy (non-hydrogen) atoms. The molecule has 0 amide bonds. The zero-order chi connectivity index (χ0) is 9.26. The SMILES string of the molecule is CC(C)=CCN1C2CCCC1CC2. The van der Waals surface area contributed by atoms with Crippen molar-refractivity contribution in [1.82, 2.24) is 4.90 Å². The first kappa shape index (κ1) is 9.26. The summed E-state index contributed by atoms with van der Waals surface area (Å²) in [6.07, 6.45) is 9.68. The van der Waals surface area contributed by atoms with Gasteiger partial charge >= 0.3 is 0 Å². The normalized spacial score (nSPS) is 33.4. The molecule has 1 nitrogen and oxygen atoms in total. The Hall–Kier alpha value is -0.300. The Balaban J connectivity index is 1.95. The van der Waals surface area contributed by atoms with E-state index in [0.29, 0.717) is 0 Å². The molecule has 2 aliphatic rings. The lowest BCUT2D eigenvalue weighted by Crippen LogP contribution is -2.39. The molecule has 0 N–H and O–H groups in total. The van der Waals surface area contributed by atoms with E-state index in [1.54, 1.807) is 0 Å². The van der Waals surface area contributed by atoms with Gasteiger partial charge in [-0.1, -0.05) is 18.1 Å². The fourth-order valence-corrected chi connectivity index (χ4v) is 2.81. The van der Waals surface area contributed by atoms with Crippen molar-refractivity contribution in [3.63, 3.8) is 0 Å². The molecule has 0 spiro atoms. The van der Waals surface area contributed by atoms with Crippen LogP contribution in [0.25, 0.3) is 0 Å². The van der Waals surface area contributed by atoms with Crippen molar-refractivity contribution in [2.45, 2.75) is 58.0 Å². The molecular formula is C12H21N. The zero-order valence-corrected chi connectivity index (χ0v) is 8.92. The third kappa shape index (κ3) is 1.96. The van der Waals surface area contributed by atoms with Gasteiger partial charge in [0.05, 0.1) is 0 Å². The average Bonchev–Trinajstić information content (AvgIpc) is 2.34. The molecule has 0 radical (unpaired) electrons. The van der Waals surface area contributed by atoms with Crippen LogP contribution in [-0.2, 0) is 0 Å². The summed E-state index contributed by atoms with van der Waals surface area (Å²) in [6, 6.07) is 1.85. The Morgan fingerprint density at radius 3 is 2.31 bits per heavy atom. The molecule has 2 unspecified atom stereocenters. The van der Waals surface area contributed by atoms with Crippen LogP contribution in [-0.4, -0.2) is 23.5 Å². The lowest BCUT2D eigenvalue weighted by atomic mass is 10.0. The minimum Gasteiger partial charge on any atom is -0.294 e. The predicted molar refractivity (Wildman–Crippen MR) is 56.8 cm³/mol. The molecule has 0 aliphatic carbocycles. The summed E-state index contributed by atoms with van der Waals surface area (Å²) in [6.45, 7) is 5.61. The average molecular weight is 179 g/mol. The van der Waals surface area contributed by atoms with Crippen LogP contribution < -0.4 is 0 Å².